The van der Waals surface area contributed by atoms with E-state index in [9.17, 15) is 4.39 Å². The Kier molecular flexibility index (Phi) is 5.26. The highest BCUT2D eigenvalue weighted by atomic mass is 28.4. The molecule has 0 bridgehead atoms. The highest BCUT2D eigenvalue weighted by Gasteiger charge is 2.40. The number of halogens is 1. The van der Waals surface area contributed by atoms with Gasteiger partial charge in [0.1, 0.15) is 5.82 Å². The normalized spacial score (nSPS) is 12.1. The van der Waals surface area contributed by atoms with E-state index in [-0.39, 0.29) is 11.9 Å². The van der Waals surface area contributed by atoms with Gasteiger partial charge in [-0.05, 0) is 31.5 Å². The molecule has 0 saturated carbocycles. The van der Waals surface area contributed by atoms with Gasteiger partial charge < -0.3 is 13.3 Å². The third-order valence-electron chi connectivity index (χ3n) is 2.37. The molecule has 0 atom stereocenters. The minimum Gasteiger partial charge on any atom is -0.377 e. The summed E-state index contributed by atoms with van der Waals surface area (Å²) in [7, 11) is 0.483. The Balaban J connectivity index is 2.82. The summed E-state index contributed by atoms with van der Waals surface area (Å²) in [6.07, 6.45) is 0.0296. The van der Waals surface area contributed by atoms with Crippen LogP contribution in [-0.2, 0) is 19.3 Å². The third-order valence-corrected chi connectivity index (χ3v) is 5.29. The van der Waals surface area contributed by atoms with Gasteiger partial charge in [0.15, 0.2) is 0 Å². The molecule has 0 aliphatic heterocycles. The molecule has 0 unspecified atom stereocenters. The average molecular weight is 258 g/mol. The highest BCUT2D eigenvalue weighted by molar-refractivity contribution is 6.60. The van der Waals surface area contributed by atoms with Crippen molar-refractivity contribution in [2.45, 2.75) is 26.0 Å². The molecule has 0 amide bonds. The van der Waals surface area contributed by atoms with E-state index in [2.05, 4.69) is 0 Å². The van der Waals surface area contributed by atoms with Gasteiger partial charge >= 0.3 is 8.80 Å². The maximum absolute atomic E-state index is 12.8. The maximum Gasteiger partial charge on any atom is 0.505 e. The van der Waals surface area contributed by atoms with Crippen molar-refractivity contribution in [3.8, 4) is 0 Å². The van der Waals surface area contributed by atoms with Crippen molar-refractivity contribution in [2.24, 2.45) is 0 Å². The van der Waals surface area contributed by atoms with Crippen LogP contribution >= 0.6 is 0 Å². The van der Waals surface area contributed by atoms with Crippen LogP contribution in [0.3, 0.4) is 0 Å². The minimum absolute atomic E-state index is 0.0296. The van der Waals surface area contributed by atoms with Gasteiger partial charge in [0, 0.05) is 26.4 Å². The van der Waals surface area contributed by atoms with E-state index in [1.807, 2.05) is 13.8 Å². The molecule has 0 fully saturated rings. The molecule has 3 nitrogen and oxygen atoms in total. The largest absolute Gasteiger partial charge is 0.505 e. The summed E-state index contributed by atoms with van der Waals surface area (Å²) in [5, 5.41) is 0. The van der Waals surface area contributed by atoms with Crippen LogP contribution in [0, 0.1) is 5.82 Å². The summed E-state index contributed by atoms with van der Waals surface area (Å²) in [5.41, 5.74) is 0.947. The molecule has 0 heterocycles. The summed E-state index contributed by atoms with van der Waals surface area (Å²) in [6.45, 7) is 3.87. The van der Waals surface area contributed by atoms with Gasteiger partial charge in [0.2, 0.25) is 0 Å². The van der Waals surface area contributed by atoms with Crippen LogP contribution in [0.5, 0.6) is 0 Å². The Morgan fingerprint density at radius 1 is 1.12 bits per heavy atom. The van der Waals surface area contributed by atoms with E-state index < -0.39 is 8.80 Å². The van der Waals surface area contributed by atoms with Crippen molar-refractivity contribution in [1.82, 2.24) is 0 Å². The molecule has 1 rings (SSSR count). The van der Waals surface area contributed by atoms with Crippen LogP contribution in [0.15, 0.2) is 24.3 Å². The molecule has 96 valence electrons. The Hall–Kier alpha value is -0.753. The Bertz CT molecular complexity index is 336. The van der Waals surface area contributed by atoms with Crippen molar-refractivity contribution >= 4 is 8.80 Å². The van der Waals surface area contributed by atoms with Gasteiger partial charge in [-0.15, -0.1) is 0 Å². The molecule has 17 heavy (non-hydrogen) atoms. The highest BCUT2D eigenvalue weighted by Crippen LogP contribution is 2.17. The monoisotopic (exact) mass is 258 g/mol. The van der Waals surface area contributed by atoms with Gasteiger partial charge in [-0.1, -0.05) is 12.1 Å². The zero-order valence-electron chi connectivity index (χ0n) is 10.7. The van der Waals surface area contributed by atoms with Gasteiger partial charge in [-0.3, -0.25) is 0 Å². The number of hydrogen-bond donors (Lipinski definition) is 0. The first-order valence-electron chi connectivity index (χ1n) is 5.54. The average Bonchev–Trinajstić information content (AvgIpc) is 2.30. The topological polar surface area (TPSA) is 27.7 Å². The SMILES string of the molecule is CO[Si](Cc1ccc(F)cc1)(OC)OC(C)C. The smallest absolute Gasteiger partial charge is 0.377 e. The molecular weight excluding hydrogens is 239 g/mol. The van der Waals surface area contributed by atoms with E-state index in [1.165, 1.54) is 12.1 Å². The van der Waals surface area contributed by atoms with Crippen LogP contribution in [0.1, 0.15) is 19.4 Å². The number of rotatable bonds is 6. The molecule has 0 spiro atoms. The Morgan fingerprint density at radius 3 is 2.06 bits per heavy atom. The minimum atomic E-state index is -2.69. The summed E-state index contributed by atoms with van der Waals surface area (Å²) in [4.78, 5) is 0. The Morgan fingerprint density at radius 2 is 1.65 bits per heavy atom. The first-order valence-corrected chi connectivity index (χ1v) is 7.47. The number of hydrogen-bond acceptors (Lipinski definition) is 3. The lowest BCUT2D eigenvalue weighted by atomic mass is 10.2. The molecule has 0 radical (unpaired) electrons. The molecule has 0 saturated heterocycles. The van der Waals surface area contributed by atoms with Crippen molar-refractivity contribution in [1.29, 1.82) is 0 Å². The van der Waals surface area contributed by atoms with E-state index in [1.54, 1.807) is 26.4 Å². The van der Waals surface area contributed by atoms with Crippen LogP contribution in [0.2, 0.25) is 0 Å². The summed E-state index contributed by atoms with van der Waals surface area (Å²) < 4.78 is 29.4. The first kappa shape index (κ1) is 14.3. The molecule has 1 aromatic carbocycles. The van der Waals surface area contributed by atoms with Crippen LogP contribution < -0.4 is 0 Å². The summed E-state index contributed by atoms with van der Waals surface area (Å²) in [5.74, 6) is -0.249. The van der Waals surface area contributed by atoms with E-state index in [4.69, 9.17) is 13.3 Å². The van der Waals surface area contributed by atoms with E-state index in [0.29, 0.717) is 6.04 Å². The molecule has 0 aliphatic carbocycles. The van der Waals surface area contributed by atoms with Crippen LogP contribution in [0.25, 0.3) is 0 Å². The molecule has 0 N–H and O–H groups in total. The van der Waals surface area contributed by atoms with E-state index in [0.717, 1.165) is 5.56 Å². The fourth-order valence-corrected chi connectivity index (χ4v) is 3.76. The quantitative estimate of drug-likeness (QED) is 0.734. The predicted octanol–water partition coefficient (Wildman–Crippen LogP) is 2.56. The van der Waals surface area contributed by atoms with E-state index >= 15 is 0 Å². The maximum atomic E-state index is 12.8. The molecule has 5 heteroatoms. The third kappa shape index (κ3) is 4.20. The fraction of sp³-hybridized carbons (Fsp3) is 0.500. The van der Waals surface area contributed by atoms with Gasteiger partial charge in [0.05, 0.1) is 0 Å². The van der Waals surface area contributed by atoms with Gasteiger partial charge in [-0.25, -0.2) is 4.39 Å². The lowest BCUT2D eigenvalue weighted by Gasteiger charge is -2.28. The second kappa shape index (κ2) is 6.25. The zero-order chi connectivity index (χ0) is 12.9. The first-order chi connectivity index (χ1) is 8.01. The van der Waals surface area contributed by atoms with Crippen LogP contribution in [0.4, 0.5) is 4.39 Å². The van der Waals surface area contributed by atoms with Crippen molar-refractivity contribution in [3.05, 3.63) is 35.6 Å². The summed E-state index contributed by atoms with van der Waals surface area (Å²) >= 11 is 0. The standard InChI is InChI=1S/C12H19FO3Si/c1-10(2)16-17(14-3,15-4)9-11-5-7-12(13)8-6-11/h5-8,10H,9H2,1-4H3. The molecule has 0 aromatic heterocycles. The van der Waals surface area contributed by atoms with Crippen LogP contribution in [-0.4, -0.2) is 29.1 Å². The molecular formula is C12H19FO3Si. The summed E-state index contributed by atoms with van der Waals surface area (Å²) in [6, 6.07) is 6.83. The van der Waals surface area contributed by atoms with Gasteiger partial charge in [-0.2, -0.15) is 0 Å². The van der Waals surface area contributed by atoms with Crippen molar-refractivity contribution < 1.29 is 17.7 Å². The second-order valence-corrected chi connectivity index (χ2v) is 6.83. The lowest BCUT2D eigenvalue weighted by molar-refractivity contribution is 0.0691. The molecule has 0 aliphatic rings. The van der Waals surface area contributed by atoms with Crippen molar-refractivity contribution in [3.63, 3.8) is 0 Å². The lowest BCUT2D eigenvalue weighted by Crippen LogP contribution is -2.48. The zero-order valence-corrected chi connectivity index (χ0v) is 11.7. The molecule has 1 aromatic rings. The number of benzene rings is 1. The Labute approximate surface area is 103 Å². The second-order valence-electron chi connectivity index (χ2n) is 4.06. The van der Waals surface area contributed by atoms with Crippen molar-refractivity contribution in [2.75, 3.05) is 14.2 Å². The fourth-order valence-electron chi connectivity index (χ4n) is 1.58. The predicted molar refractivity (Wildman–Crippen MR) is 66.1 cm³/mol. The van der Waals surface area contributed by atoms with Gasteiger partial charge in [0.25, 0.3) is 0 Å².